The van der Waals surface area contributed by atoms with Crippen molar-refractivity contribution in [3.8, 4) is 0 Å². The van der Waals surface area contributed by atoms with Gasteiger partial charge in [-0.2, -0.15) is 0 Å². The third-order valence-electron chi connectivity index (χ3n) is 4.40. The van der Waals surface area contributed by atoms with Gasteiger partial charge in [-0.05, 0) is 36.6 Å². The number of hydrogen-bond donors (Lipinski definition) is 1. The van der Waals surface area contributed by atoms with Gasteiger partial charge in [0, 0.05) is 22.9 Å². The Morgan fingerprint density at radius 2 is 1.90 bits per heavy atom. The fourth-order valence-corrected chi connectivity index (χ4v) is 3.43. The minimum absolute atomic E-state index is 0.160. The van der Waals surface area contributed by atoms with E-state index in [9.17, 15) is 9.18 Å². The normalized spacial score (nSPS) is 18.6. The van der Waals surface area contributed by atoms with Crippen molar-refractivity contribution < 1.29 is 9.18 Å². The highest BCUT2D eigenvalue weighted by Crippen LogP contribution is 2.36. The molecule has 2 nitrogen and oxygen atoms in total. The lowest BCUT2D eigenvalue weighted by molar-refractivity contribution is -0.128. The Kier molecular flexibility index (Phi) is 5.33. The number of carbonyl (C=O) groups is 1. The molecule has 0 unspecified atom stereocenters. The van der Waals surface area contributed by atoms with Crippen LogP contribution in [0.3, 0.4) is 0 Å². The maximum Gasteiger partial charge on any atom is 0.144 e. The molecule has 0 spiro atoms. The van der Waals surface area contributed by atoms with Crippen molar-refractivity contribution in [3.63, 3.8) is 0 Å². The number of carbonyl (C=O) groups excluding carboxylic acids is 1. The summed E-state index contributed by atoms with van der Waals surface area (Å²) in [5, 5.41) is 0. The fraction of sp³-hybridized carbons (Fsp3) is 0.562. The molecule has 1 aliphatic rings. The van der Waals surface area contributed by atoms with Gasteiger partial charge < -0.3 is 5.73 Å². The molecular weight excluding hydrogens is 321 g/mol. The van der Waals surface area contributed by atoms with Crippen molar-refractivity contribution in [2.24, 2.45) is 11.1 Å². The maximum absolute atomic E-state index is 13.3. The summed E-state index contributed by atoms with van der Waals surface area (Å²) < 4.78 is 14.1. The molecule has 20 heavy (non-hydrogen) atoms. The number of rotatable bonds is 4. The molecule has 1 aromatic carbocycles. The van der Waals surface area contributed by atoms with Crippen molar-refractivity contribution >= 4 is 21.7 Å². The van der Waals surface area contributed by atoms with Gasteiger partial charge in [0.2, 0.25) is 0 Å². The van der Waals surface area contributed by atoms with Gasteiger partial charge >= 0.3 is 0 Å². The summed E-state index contributed by atoms with van der Waals surface area (Å²) >= 11 is 3.39. The minimum Gasteiger partial charge on any atom is -0.329 e. The predicted octanol–water partition coefficient (Wildman–Crippen LogP) is 4.00. The zero-order valence-electron chi connectivity index (χ0n) is 11.6. The lowest BCUT2D eigenvalue weighted by Crippen LogP contribution is -2.39. The van der Waals surface area contributed by atoms with Gasteiger partial charge in [-0.25, -0.2) is 4.39 Å². The summed E-state index contributed by atoms with van der Waals surface area (Å²) in [4.78, 5) is 12.7. The Morgan fingerprint density at radius 3 is 2.50 bits per heavy atom. The van der Waals surface area contributed by atoms with Gasteiger partial charge in [0.1, 0.15) is 11.6 Å². The Labute approximate surface area is 128 Å². The Morgan fingerprint density at radius 1 is 1.25 bits per heavy atom. The topological polar surface area (TPSA) is 43.1 Å². The largest absolute Gasteiger partial charge is 0.329 e. The summed E-state index contributed by atoms with van der Waals surface area (Å²) in [5.41, 5.74) is 6.24. The third kappa shape index (κ3) is 3.47. The molecular formula is C16H21BrFNO. The molecule has 2 rings (SSSR count). The van der Waals surface area contributed by atoms with Crippen LogP contribution in [-0.2, 0) is 11.2 Å². The number of hydrogen-bond acceptors (Lipinski definition) is 2. The number of halogens is 2. The van der Waals surface area contributed by atoms with E-state index in [-0.39, 0.29) is 18.0 Å². The van der Waals surface area contributed by atoms with Crippen LogP contribution in [0.25, 0.3) is 0 Å². The first kappa shape index (κ1) is 15.6. The molecule has 0 radical (unpaired) electrons. The second kappa shape index (κ2) is 6.81. The summed E-state index contributed by atoms with van der Waals surface area (Å²) in [6, 6.07) is 4.48. The molecule has 0 atom stereocenters. The molecule has 2 N–H and O–H groups in total. The number of benzene rings is 1. The molecule has 0 bridgehead atoms. The highest BCUT2D eigenvalue weighted by molar-refractivity contribution is 9.10. The Bertz CT molecular complexity index is 481. The molecule has 0 aromatic heterocycles. The predicted molar refractivity (Wildman–Crippen MR) is 82.0 cm³/mol. The second-order valence-electron chi connectivity index (χ2n) is 5.73. The average Bonchev–Trinajstić information content (AvgIpc) is 2.69. The van der Waals surface area contributed by atoms with E-state index >= 15 is 0 Å². The third-order valence-corrected chi connectivity index (χ3v) is 5.18. The quantitative estimate of drug-likeness (QED) is 0.841. The first-order valence-corrected chi connectivity index (χ1v) is 8.04. The molecule has 0 heterocycles. The average molecular weight is 342 g/mol. The van der Waals surface area contributed by atoms with Crippen LogP contribution in [0.15, 0.2) is 22.7 Å². The summed E-state index contributed by atoms with van der Waals surface area (Å²) in [7, 11) is 0. The van der Waals surface area contributed by atoms with E-state index < -0.39 is 5.41 Å². The van der Waals surface area contributed by atoms with E-state index in [0.717, 1.165) is 30.2 Å². The SMILES string of the molecule is NCC1(C(=O)Cc2cc(F)ccc2Br)CCCCCC1. The fourth-order valence-electron chi connectivity index (χ4n) is 3.04. The van der Waals surface area contributed by atoms with Crippen molar-refractivity contribution in [3.05, 3.63) is 34.1 Å². The highest BCUT2D eigenvalue weighted by atomic mass is 79.9. The van der Waals surface area contributed by atoms with Crippen LogP contribution in [0.2, 0.25) is 0 Å². The molecule has 1 aromatic rings. The number of Topliss-reactive ketones (excluding diaryl/α,β-unsaturated/α-hetero) is 1. The van der Waals surface area contributed by atoms with Crippen LogP contribution in [-0.4, -0.2) is 12.3 Å². The van der Waals surface area contributed by atoms with E-state index in [1.165, 1.54) is 25.0 Å². The van der Waals surface area contributed by atoms with Crippen molar-refractivity contribution in [1.29, 1.82) is 0 Å². The van der Waals surface area contributed by atoms with Gasteiger partial charge in [0.05, 0.1) is 0 Å². The zero-order valence-corrected chi connectivity index (χ0v) is 13.2. The minimum atomic E-state index is -0.401. The number of nitrogens with two attached hydrogens (primary N) is 1. The molecule has 1 fully saturated rings. The first-order chi connectivity index (χ1) is 9.57. The monoisotopic (exact) mass is 341 g/mol. The van der Waals surface area contributed by atoms with Crippen LogP contribution in [0.1, 0.15) is 44.1 Å². The standard InChI is InChI=1S/C16H21BrFNO/c17-14-6-5-13(18)9-12(14)10-15(20)16(11-19)7-3-1-2-4-8-16/h5-6,9H,1-4,7-8,10-11,19H2. The second-order valence-corrected chi connectivity index (χ2v) is 6.59. The van der Waals surface area contributed by atoms with Crippen LogP contribution in [0.5, 0.6) is 0 Å². The van der Waals surface area contributed by atoms with Crippen LogP contribution < -0.4 is 5.73 Å². The molecule has 1 aliphatic carbocycles. The van der Waals surface area contributed by atoms with Crippen molar-refractivity contribution in [2.75, 3.05) is 6.54 Å². The lowest BCUT2D eigenvalue weighted by Gasteiger charge is -2.30. The van der Waals surface area contributed by atoms with Gasteiger partial charge in [0.15, 0.2) is 0 Å². The van der Waals surface area contributed by atoms with Crippen LogP contribution >= 0.6 is 15.9 Å². The van der Waals surface area contributed by atoms with Gasteiger partial charge in [0.25, 0.3) is 0 Å². The molecule has 1 saturated carbocycles. The van der Waals surface area contributed by atoms with E-state index in [2.05, 4.69) is 15.9 Å². The van der Waals surface area contributed by atoms with Crippen LogP contribution in [0.4, 0.5) is 4.39 Å². The van der Waals surface area contributed by atoms with E-state index in [1.54, 1.807) is 6.07 Å². The van der Waals surface area contributed by atoms with Gasteiger partial charge in [-0.3, -0.25) is 4.79 Å². The van der Waals surface area contributed by atoms with E-state index in [1.807, 2.05) is 0 Å². The summed E-state index contributed by atoms with van der Waals surface area (Å²) in [5.74, 6) is -0.146. The summed E-state index contributed by atoms with van der Waals surface area (Å²) in [6.07, 6.45) is 6.48. The van der Waals surface area contributed by atoms with Crippen molar-refractivity contribution in [1.82, 2.24) is 0 Å². The van der Waals surface area contributed by atoms with E-state index in [0.29, 0.717) is 12.1 Å². The zero-order chi connectivity index (χ0) is 14.6. The lowest BCUT2D eigenvalue weighted by atomic mass is 9.75. The first-order valence-electron chi connectivity index (χ1n) is 7.25. The molecule has 110 valence electrons. The van der Waals surface area contributed by atoms with E-state index in [4.69, 9.17) is 5.73 Å². The number of ketones is 1. The smallest absolute Gasteiger partial charge is 0.144 e. The highest BCUT2D eigenvalue weighted by Gasteiger charge is 2.36. The Balaban J connectivity index is 2.18. The van der Waals surface area contributed by atoms with Gasteiger partial charge in [-0.1, -0.05) is 41.6 Å². The molecule has 0 saturated heterocycles. The maximum atomic E-state index is 13.3. The van der Waals surface area contributed by atoms with Crippen LogP contribution in [0, 0.1) is 11.2 Å². The molecule has 0 amide bonds. The molecule has 4 heteroatoms. The van der Waals surface area contributed by atoms with Crippen molar-refractivity contribution in [2.45, 2.75) is 44.9 Å². The Hall–Kier alpha value is -0.740. The van der Waals surface area contributed by atoms with Gasteiger partial charge in [-0.15, -0.1) is 0 Å². The molecule has 0 aliphatic heterocycles. The summed E-state index contributed by atoms with van der Waals surface area (Å²) in [6.45, 7) is 0.402.